The van der Waals surface area contributed by atoms with Gasteiger partial charge in [0.05, 0.1) is 11.3 Å². The Labute approximate surface area is 99.1 Å². The maximum absolute atomic E-state index is 11.2. The second-order valence-electron chi connectivity index (χ2n) is 4.24. The van der Waals surface area contributed by atoms with Crippen molar-refractivity contribution in [2.45, 2.75) is 19.8 Å². The number of carboxylic acid groups (broad SMARTS) is 1. The van der Waals surface area contributed by atoms with E-state index in [0.717, 1.165) is 0 Å². The normalized spacial score (nSPS) is 13.8. The summed E-state index contributed by atoms with van der Waals surface area (Å²) in [6.07, 6.45) is 0. The van der Waals surface area contributed by atoms with Gasteiger partial charge in [-0.2, -0.15) is 0 Å². The number of carboxylic acids is 1. The molecule has 0 spiro atoms. The van der Waals surface area contributed by atoms with E-state index in [1.807, 2.05) is 13.8 Å². The molecule has 0 radical (unpaired) electrons. The summed E-state index contributed by atoms with van der Waals surface area (Å²) in [5, 5.41) is 9.19. The fourth-order valence-electron chi connectivity index (χ4n) is 2.02. The molecule has 92 valence electrons. The molecule has 1 aromatic carbocycles. The summed E-state index contributed by atoms with van der Waals surface area (Å²) >= 11 is 0. The molecule has 1 aromatic rings. The summed E-state index contributed by atoms with van der Waals surface area (Å²) in [4.78, 5) is 11.2. The van der Waals surface area contributed by atoms with Gasteiger partial charge in [0.15, 0.2) is 11.5 Å². The van der Waals surface area contributed by atoms with E-state index in [9.17, 15) is 9.90 Å². The maximum atomic E-state index is 11.2. The van der Waals surface area contributed by atoms with E-state index < -0.39 is 5.97 Å². The number of hydrogen-bond acceptors (Lipinski definition) is 4. The Morgan fingerprint density at radius 3 is 2.65 bits per heavy atom. The summed E-state index contributed by atoms with van der Waals surface area (Å²) in [6, 6.07) is 1.49. The van der Waals surface area contributed by atoms with Crippen LogP contribution in [0.4, 0.5) is 5.69 Å². The van der Waals surface area contributed by atoms with Crippen molar-refractivity contribution in [3.63, 3.8) is 0 Å². The average molecular weight is 237 g/mol. The molecule has 0 aliphatic carbocycles. The smallest absolute Gasteiger partial charge is 0.336 e. The van der Waals surface area contributed by atoms with Crippen molar-refractivity contribution in [2.24, 2.45) is 0 Å². The first-order valence-corrected chi connectivity index (χ1v) is 5.47. The number of fused-ring (bicyclic) bond motifs is 1. The highest BCUT2D eigenvalue weighted by molar-refractivity contribution is 5.93. The van der Waals surface area contributed by atoms with Crippen LogP contribution in [0.2, 0.25) is 0 Å². The molecule has 3 N–H and O–H groups in total. The number of nitrogen functional groups attached to an aromatic ring is 1. The third-order valence-electron chi connectivity index (χ3n) is 2.72. The van der Waals surface area contributed by atoms with Crippen LogP contribution in [-0.4, -0.2) is 24.3 Å². The number of anilines is 1. The fourth-order valence-corrected chi connectivity index (χ4v) is 2.02. The van der Waals surface area contributed by atoms with Crippen molar-refractivity contribution >= 4 is 11.7 Å². The molecule has 1 aliphatic heterocycles. The highest BCUT2D eigenvalue weighted by Crippen LogP contribution is 2.42. The molecule has 0 aromatic heterocycles. The lowest BCUT2D eigenvalue weighted by Gasteiger charge is -2.24. The number of hydrogen-bond donors (Lipinski definition) is 2. The number of benzene rings is 1. The van der Waals surface area contributed by atoms with Crippen LogP contribution in [0.25, 0.3) is 0 Å². The summed E-state index contributed by atoms with van der Waals surface area (Å²) < 4.78 is 10.8. The van der Waals surface area contributed by atoms with Gasteiger partial charge in [0.2, 0.25) is 0 Å². The number of nitrogens with two attached hydrogens (primary N) is 1. The number of aromatic carboxylic acids is 1. The summed E-state index contributed by atoms with van der Waals surface area (Å²) in [6.45, 7) is 4.64. The summed E-state index contributed by atoms with van der Waals surface area (Å²) in [7, 11) is 0. The molecular formula is C12H15NO4. The Morgan fingerprint density at radius 1 is 1.41 bits per heavy atom. The summed E-state index contributed by atoms with van der Waals surface area (Å²) in [5.74, 6) is -0.116. The van der Waals surface area contributed by atoms with Crippen molar-refractivity contribution in [3.8, 4) is 11.5 Å². The minimum atomic E-state index is -1.00. The SMILES string of the molecule is CC(C)c1c(C(=O)O)cc2c(c1N)OCCO2. The van der Waals surface area contributed by atoms with Crippen LogP contribution in [-0.2, 0) is 0 Å². The summed E-state index contributed by atoms with van der Waals surface area (Å²) in [5.41, 5.74) is 7.13. The average Bonchev–Trinajstić information content (AvgIpc) is 2.28. The zero-order valence-electron chi connectivity index (χ0n) is 9.82. The molecule has 0 unspecified atom stereocenters. The lowest BCUT2D eigenvalue weighted by molar-refractivity contribution is 0.0694. The van der Waals surface area contributed by atoms with Gasteiger partial charge in [0.25, 0.3) is 0 Å². The van der Waals surface area contributed by atoms with E-state index in [2.05, 4.69) is 0 Å². The van der Waals surface area contributed by atoms with Gasteiger partial charge in [0, 0.05) is 0 Å². The highest BCUT2D eigenvalue weighted by atomic mass is 16.6. The van der Waals surface area contributed by atoms with Crippen LogP contribution in [0.15, 0.2) is 6.07 Å². The molecular weight excluding hydrogens is 222 g/mol. The molecule has 0 saturated heterocycles. The minimum absolute atomic E-state index is 0.0110. The van der Waals surface area contributed by atoms with Gasteiger partial charge in [-0.1, -0.05) is 13.8 Å². The van der Waals surface area contributed by atoms with Gasteiger partial charge in [-0.05, 0) is 17.5 Å². The van der Waals surface area contributed by atoms with E-state index in [1.54, 1.807) is 0 Å². The first-order valence-electron chi connectivity index (χ1n) is 5.47. The van der Waals surface area contributed by atoms with Crippen molar-refractivity contribution in [1.82, 2.24) is 0 Å². The van der Waals surface area contributed by atoms with Gasteiger partial charge < -0.3 is 20.3 Å². The number of carbonyl (C=O) groups is 1. The quantitative estimate of drug-likeness (QED) is 0.767. The molecule has 1 heterocycles. The largest absolute Gasteiger partial charge is 0.486 e. The zero-order valence-corrected chi connectivity index (χ0v) is 9.82. The Hall–Kier alpha value is -1.91. The first kappa shape index (κ1) is 11.6. The van der Waals surface area contributed by atoms with Crippen LogP contribution in [0.5, 0.6) is 11.5 Å². The number of ether oxygens (including phenoxy) is 2. The predicted molar refractivity (Wildman–Crippen MR) is 62.9 cm³/mol. The minimum Gasteiger partial charge on any atom is -0.486 e. The second-order valence-corrected chi connectivity index (χ2v) is 4.24. The second kappa shape index (κ2) is 4.16. The maximum Gasteiger partial charge on any atom is 0.336 e. The van der Waals surface area contributed by atoms with Crippen molar-refractivity contribution in [2.75, 3.05) is 18.9 Å². The van der Waals surface area contributed by atoms with Gasteiger partial charge >= 0.3 is 5.97 Å². The molecule has 0 amide bonds. The third kappa shape index (κ3) is 1.88. The molecule has 17 heavy (non-hydrogen) atoms. The van der Waals surface area contributed by atoms with Gasteiger partial charge in [0.1, 0.15) is 13.2 Å². The van der Waals surface area contributed by atoms with E-state index in [-0.39, 0.29) is 11.5 Å². The Bertz CT molecular complexity index is 468. The van der Waals surface area contributed by atoms with Crippen LogP contribution in [0.3, 0.4) is 0 Å². The highest BCUT2D eigenvalue weighted by Gasteiger charge is 2.25. The van der Waals surface area contributed by atoms with Crippen molar-refractivity contribution in [1.29, 1.82) is 0 Å². The lowest BCUT2D eigenvalue weighted by atomic mass is 9.94. The monoisotopic (exact) mass is 237 g/mol. The van der Waals surface area contributed by atoms with E-state index in [0.29, 0.717) is 36.0 Å². The molecule has 5 nitrogen and oxygen atoms in total. The Morgan fingerprint density at radius 2 is 2.06 bits per heavy atom. The van der Waals surface area contributed by atoms with E-state index in [1.165, 1.54) is 6.07 Å². The molecule has 0 fully saturated rings. The zero-order chi connectivity index (χ0) is 12.6. The Kier molecular flexibility index (Phi) is 2.83. The predicted octanol–water partition coefficient (Wildman–Crippen LogP) is 1.86. The van der Waals surface area contributed by atoms with E-state index >= 15 is 0 Å². The molecule has 5 heteroatoms. The molecule has 1 aliphatic rings. The standard InChI is InChI=1S/C12H15NO4/c1-6(2)9-7(12(14)15)5-8-11(10(9)13)17-4-3-16-8/h5-6H,3-4,13H2,1-2H3,(H,14,15). The molecule has 2 rings (SSSR count). The molecule has 0 saturated carbocycles. The van der Waals surface area contributed by atoms with Crippen LogP contribution >= 0.6 is 0 Å². The topological polar surface area (TPSA) is 81.8 Å². The first-order chi connectivity index (χ1) is 8.02. The van der Waals surface area contributed by atoms with Gasteiger partial charge in [-0.3, -0.25) is 0 Å². The van der Waals surface area contributed by atoms with Crippen LogP contribution < -0.4 is 15.2 Å². The Balaban J connectivity index is 2.67. The third-order valence-corrected chi connectivity index (χ3v) is 2.72. The van der Waals surface area contributed by atoms with Crippen LogP contribution in [0, 0.1) is 0 Å². The lowest BCUT2D eigenvalue weighted by Crippen LogP contribution is -2.19. The number of rotatable bonds is 2. The van der Waals surface area contributed by atoms with Crippen molar-refractivity contribution in [3.05, 3.63) is 17.2 Å². The molecule has 0 atom stereocenters. The van der Waals surface area contributed by atoms with Crippen molar-refractivity contribution < 1.29 is 19.4 Å². The van der Waals surface area contributed by atoms with Gasteiger partial charge in [-0.25, -0.2) is 4.79 Å². The van der Waals surface area contributed by atoms with Crippen LogP contribution in [0.1, 0.15) is 35.7 Å². The van der Waals surface area contributed by atoms with Gasteiger partial charge in [-0.15, -0.1) is 0 Å². The fraction of sp³-hybridized carbons (Fsp3) is 0.417. The molecule has 0 bridgehead atoms. The van der Waals surface area contributed by atoms with E-state index in [4.69, 9.17) is 15.2 Å².